The highest BCUT2D eigenvalue weighted by atomic mass is 32.2. The maximum atomic E-state index is 13.7. The molecule has 3 aromatic rings. The number of hydrogen-bond acceptors (Lipinski definition) is 7. The van der Waals surface area contributed by atoms with Crippen molar-refractivity contribution in [1.29, 1.82) is 0 Å². The van der Waals surface area contributed by atoms with Crippen LogP contribution < -0.4 is 4.90 Å². The second-order valence-electron chi connectivity index (χ2n) is 10.6. The number of ether oxygens (including phenoxy) is 1. The van der Waals surface area contributed by atoms with Crippen LogP contribution in [0.25, 0.3) is 11.8 Å². The van der Waals surface area contributed by atoms with Crippen molar-refractivity contribution < 1.29 is 27.0 Å². The molecule has 0 unspecified atom stereocenters. The number of benzene rings is 1. The third kappa shape index (κ3) is 4.93. The van der Waals surface area contributed by atoms with Gasteiger partial charge in [0.15, 0.2) is 0 Å². The molecule has 2 aromatic heterocycles. The summed E-state index contributed by atoms with van der Waals surface area (Å²) in [5.41, 5.74) is 2.96. The molecule has 0 spiro atoms. The van der Waals surface area contributed by atoms with Crippen molar-refractivity contribution in [3.05, 3.63) is 71.4 Å². The smallest absolute Gasteiger partial charge is 0.244 e. The van der Waals surface area contributed by atoms with Crippen molar-refractivity contribution in [1.82, 2.24) is 19.1 Å². The summed E-state index contributed by atoms with van der Waals surface area (Å²) in [6.45, 7) is 1.55. The van der Waals surface area contributed by atoms with Gasteiger partial charge in [-0.05, 0) is 67.3 Å². The number of aromatic nitrogens is 3. The predicted molar refractivity (Wildman–Crippen MR) is 145 cm³/mol. The van der Waals surface area contributed by atoms with Gasteiger partial charge < -0.3 is 14.7 Å². The Kier molecular flexibility index (Phi) is 7.19. The first kappa shape index (κ1) is 27.0. The van der Waals surface area contributed by atoms with E-state index in [0.29, 0.717) is 31.6 Å². The molecule has 2 fully saturated rings. The summed E-state index contributed by atoms with van der Waals surface area (Å²) in [6, 6.07) is 9.29. The minimum Gasteiger partial charge on any atom is -0.394 e. The lowest BCUT2D eigenvalue weighted by Gasteiger charge is -2.45. The lowest BCUT2D eigenvalue weighted by molar-refractivity contribution is 0.0236. The molecule has 12 heteroatoms. The van der Waals surface area contributed by atoms with Gasteiger partial charge in [0.05, 0.1) is 43.9 Å². The summed E-state index contributed by atoms with van der Waals surface area (Å²) in [4.78, 5) is 6.24. The molecular weight excluding hydrogens is 540 g/mol. The van der Waals surface area contributed by atoms with Gasteiger partial charge in [-0.25, -0.2) is 26.9 Å². The summed E-state index contributed by atoms with van der Waals surface area (Å²) >= 11 is 0. The molecule has 0 radical (unpaired) electrons. The molecule has 2 atom stereocenters. The van der Waals surface area contributed by atoms with Crippen LogP contribution >= 0.6 is 0 Å². The number of sulfonamides is 1. The number of alkyl halides is 1. The van der Waals surface area contributed by atoms with Crippen molar-refractivity contribution in [2.45, 2.75) is 30.3 Å². The van der Waals surface area contributed by atoms with Crippen LogP contribution in [0.1, 0.15) is 24.1 Å². The van der Waals surface area contributed by atoms with E-state index in [4.69, 9.17) is 4.74 Å². The van der Waals surface area contributed by atoms with Gasteiger partial charge in [0.2, 0.25) is 10.0 Å². The van der Waals surface area contributed by atoms with E-state index < -0.39 is 21.6 Å². The Bertz CT molecular complexity index is 1510. The molecule has 1 aliphatic carbocycles. The van der Waals surface area contributed by atoms with Gasteiger partial charge in [-0.1, -0.05) is 5.57 Å². The van der Waals surface area contributed by atoms with Crippen molar-refractivity contribution in [2.75, 3.05) is 50.9 Å². The summed E-state index contributed by atoms with van der Waals surface area (Å²) < 4.78 is 63.7. The normalized spacial score (nSPS) is 23.1. The Labute approximate surface area is 231 Å². The van der Waals surface area contributed by atoms with Gasteiger partial charge in [-0.2, -0.15) is 9.40 Å². The number of aliphatic hydroxyl groups is 1. The summed E-state index contributed by atoms with van der Waals surface area (Å²) in [6.07, 6.45) is 5.70. The van der Waals surface area contributed by atoms with Crippen LogP contribution in [0, 0.1) is 11.2 Å². The fraction of sp³-hybridized carbons (Fsp3) is 0.429. The van der Waals surface area contributed by atoms with E-state index in [1.165, 1.54) is 28.7 Å². The van der Waals surface area contributed by atoms with Crippen LogP contribution in [0.4, 0.5) is 14.6 Å². The fourth-order valence-corrected chi connectivity index (χ4v) is 7.41. The highest BCUT2D eigenvalue weighted by Gasteiger charge is 2.46. The standard InChI is InChI=1S/C28H31F2N5O4S/c29-22-1-3-24(4-2-22)35-26-13-21-7-10-34(18-28(21,19-39-12-11-36)14-20(26)15-32-35)40(37,38)25-5-6-27(31-16-25)33-9-8-23(30)17-33/h1-6,13,15-16,23,36H,7-12,14,17-19H2/t23-,28-/m1/s1. The number of aliphatic hydroxyl groups excluding tert-OH is 1. The van der Waals surface area contributed by atoms with Gasteiger partial charge in [-0.15, -0.1) is 0 Å². The number of piperidine rings is 1. The van der Waals surface area contributed by atoms with Crippen LogP contribution in [0.15, 0.2) is 59.3 Å². The number of pyridine rings is 1. The lowest BCUT2D eigenvalue weighted by atomic mass is 9.69. The highest BCUT2D eigenvalue weighted by molar-refractivity contribution is 7.89. The zero-order valence-corrected chi connectivity index (χ0v) is 22.7. The monoisotopic (exact) mass is 571 g/mol. The average Bonchev–Trinajstić information content (AvgIpc) is 3.58. The number of nitrogens with zero attached hydrogens (tertiary/aromatic N) is 5. The summed E-state index contributed by atoms with van der Waals surface area (Å²) in [7, 11) is -3.86. The molecule has 0 bridgehead atoms. The number of rotatable bonds is 8. The molecule has 1 N–H and O–H groups in total. The van der Waals surface area contributed by atoms with E-state index in [2.05, 4.69) is 10.1 Å². The number of fused-ring (bicyclic) bond motifs is 2. The minimum absolute atomic E-state index is 0.0896. The maximum absolute atomic E-state index is 13.7. The Hall–Kier alpha value is -3.19. The van der Waals surface area contributed by atoms with Crippen LogP contribution in [-0.4, -0.2) is 84.8 Å². The Morgan fingerprint density at radius 3 is 2.65 bits per heavy atom. The van der Waals surface area contributed by atoms with E-state index in [9.17, 15) is 22.3 Å². The van der Waals surface area contributed by atoms with Crippen molar-refractivity contribution in [2.24, 2.45) is 5.41 Å². The zero-order chi connectivity index (χ0) is 27.9. The highest BCUT2D eigenvalue weighted by Crippen LogP contribution is 2.45. The summed E-state index contributed by atoms with van der Waals surface area (Å²) in [5.74, 6) is 0.237. The first-order valence-corrected chi connectivity index (χ1v) is 14.8. The SMILES string of the molecule is O=S(=O)(c1ccc(N2CC[C@@H](F)C2)nc1)N1CCC2=Cc3c(cnn3-c3ccc(F)cc3)C[C@]2(COCCO)C1. The van der Waals surface area contributed by atoms with E-state index >= 15 is 0 Å². The van der Waals surface area contributed by atoms with Crippen molar-refractivity contribution in [3.8, 4) is 5.69 Å². The van der Waals surface area contributed by atoms with Gasteiger partial charge in [-0.3, -0.25) is 0 Å². The van der Waals surface area contributed by atoms with E-state index in [1.807, 2.05) is 11.0 Å². The Morgan fingerprint density at radius 2 is 1.95 bits per heavy atom. The average molecular weight is 572 g/mol. The predicted octanol–water partition coefficient (Wildman–Crippen LogP) is 2.98. The molecule has 40 heavy (non-hydrogen) atoms. The maximum Gasteiger partial charge on any atom is 0.244 e. The van der Waals surface area contributed by atoms with Crippen molar-refractivity contribution >= 4 is 21.9 Å². The van der Waals surface area contributed by atoms with Gasteiger partial charge in [0.25, 0.3) is 0 Å². The third-order valence-electron chi connectivity index (χ3n) is 8.02. The molecule has 3 aliphatic rings. The van der Waals surface area contributed by atoms with E-state index in [0.717, 1.165) is 22.5 Å². The van der Waals surface area contributed by atoms with Crippen LogP contribution in [-0.2, 0) is 21.2 Å². The minimum atomic E-state index is -3.86. The second-order valence-corrected chi connectivity index (χ2v) is 12.6. The fourth-order valence-electron chi connectivity index (χ4n) is 5.94. The first-order chi connectivity index (χ1) is 19.3. The Morgan fingerprint density at radius 1 is 1.12 bits per heavy atom. The summed E-state index contributed by atoms with van der Waals surface area (Å²) in [5, 5.41) is 13.9. The largest absolute Gasteiger partial charge is 0.394 e. The zero-order valence-electron chi connectivity index (χ0n) is 21.9. The van der Waals surface area contributed by atoms with Crippen LogP contribution in [0.5, 0.6) is 0 Å². The van der Waals surface area contributed by atoms with Crippen LogP contribution in [0.3, 0.4) is 0 Å². The van der Waals surface area contributed by atoms with E-state index in [-0.39, 0.29) is 50.2 Å². The van der Waals surface area contributed by atoms with Crippen molar-refractivity contribution in [3.63, 3.8) is 0 Å². The molecule has 212 valence electrons. The number of hydrogen-bond donors (Lipinski definition) is 1. The first-order valence-electron chi connectivity index (χ1n) is 13.4. The number of anilines is 1. The second kappa shape index (κ2) is 10.7. The third-order valence-corrected chi connectivity index (χ3v) is 9.84. The molecule has 9 nitrogen and oxygen atoms in total. The molecule has 0 amide bonds. The van der Waals surface area contributed by atoms with Gasteiger partial charge in [0, 0.05) is 31.2 Å². The van der Waals surface area contributed by atoms with Gasteiger partial charge >= 0.3 is 0 Å². The lowest BCUT2D eigenvalue weighted by Crippen LogP contribution is -2.51. The van der Waals surface area contributed by atoms with E-state index in [1.54, 1.807) is 29.1 Å². The molecular formula is C28H31F2N5O4S. The topological polar surface area (TPSA) is 101 Å². The number of halogens is 2. The molecule has 2 saturated heterocycles. The molecule has 4 heterocycles. The van der Waals surface area contributed by atoms with Crippen LogP contribution in [0.2, 0.25) is 0 Å². The van der Waals surface area contributed by atoms with Gasteiger partial charge in [0.1, 0.15) is 22.7 Å². The quantitative estimate of drug-likeness (QED) is 0.415. The molecule has 0 saturated carbocycles. The molecule has 1 aromatic carbocycles. The molecule has 6 rings (SSSR count). The molecule has 2 aliphatic heterocycles. The Balaban J connectivity index is 1.28.